The van der Waals surface area contributed by atoms with Gasteiger partial charge in [0.05, 0.1) is 19.1 Å². The van der Waals surface area contributed by atoms with Crippen LogP contribution in [0.25, 0.3) is 0 Å². The van der Waals surface area contributed by atoms with Crippen molar-refractivity contribution in [3.8, 4) is 0 Å². The fraction of sp³-hybridized carbons (Fsp3) is 0.900. The van der Waals surface area contributed by atoms with Gasteiger partial charge >= 0.3 is 0 Å². The average molecular weight is 200 g/mol. The molecule has 1 amide bonds. The number of nitrogens with one attached hydrogen (secondary N) is 1. The van der Waals surface area contributed by atoms with E-state index in [1.165, 1.54) is 0 Å². The summed E-state index contributed by atoms with van der Waals surface area (Å²) in [7, 11) is 1.67. The highest BCUT2D eigenvalue weighted by Crippen LogP contribution is 2.09. The molecule has 0 aromatic rings. The van der Waals surface area contributed by atoms with Crippen molar-refractivity contribution in [2.45, 2.75) is 19.9 Å². The van der Waals surface area contributed by atoms with Gasteiger partial charge < -0.3 is 10.1 Å². The highest BCUT2D eigenvalue weighted by atomic mass is 16.5. The number of hydrogen-bond donors (Lipinski definition) is 1. The Morgan fingerprint density at radius 3 is 2.86 bits per heavy atom. The Morgan fingerprint density at radius 1 is 1.57 bits per heavy atom. The molecule has 0 aliphatic carbocycles. The van der Waals surface area contributed by atoms with Crippen molar-refractivity contribution in [2.24, 2.45) is 5.92 Å². The normalized spacial score (nSPS) is 24.7. The molecule has 0 saturated carbocycles. The summed E-state index contributed by atoms with van der Waals surface area (Å²) in [6.07, 6.45) is 0. The van der Waals surface area contributed by atoms with Gasteiger partial charge in [-0.05, 0) is 13.8 Å². The van der Waals surface area contributed by atoms with Gasteiger partial charge in [0, 0.05) is 26.2 Å². The smallest absolute Gasteiger partial charge is 0.226 e. The van der Waals surface area contributed by atoms with Crippen molar-refractivity contribution >= 4 is 5.91 Å². The molecule has 1 saturated heterocycles. The van der Waals surface area contributed by atoms with Gasteiger partial charge in [0.2, 0.25) is 5.91 Å². The minimum atomic E-state index is -0.0232. The van der Waals surface area contributed by atoms with Crippen LogP contribution in [0.2, 0.25) is 0 Å². The van der Waals surface area contributed by atoms with Crippen LogP contribution in [0.3, 0.4) is 0 Å². The fourth-order valence-electron chi connectivity index (χ4n) is 1.67. The molecule has 0 unspecified atom stereocenters. The quantitative estimate of drug-likeness (QED) is 0.687. The van der Waals surface area contributed by atoms with Gasteiger partial charge in [-0.3, -0.25) is 9.69 Å². The molecule has 0 spiro atoms. The second-order valence-electron chi connectivity index (χ2n) is 3.97. The van der Waals surface area contributed by atoms with Crippen molar-refractivity contribution in [3.05, 3.63) is 0 Å². The molecule has 1 heterocycles. The van der Waals surface area contributed by atoms with E-state index in [4.69, 9.17) is 4.74 Å². The molecule has 1 fully saturated rings. The third kappa shape index (κ3) is 2.96. The standard InChI is InChI=1S/C10H20N2O2/c1-8(2)12-4-5-14-7-9(6-12)10(13)11-3/h8-9H,4-7H2,1-3H3,(H,11,13)/t9-/m1/s1. The zero-order valence-corrected chi connectivity index (χ0v) is 9.25. The second-order valence-corrected chi connectivity index (χ2v) is 3.97. The number of carbonyl (C=O) groups excluding carboxylic acids is 1. The Kier molecular flexibility index (Phi) is 4.35. The zero-order valence-electron chi connectivity index (χ0n) is 9.25. The lowest BCUT2D eigenvalue weighted by atomic mass is 10.1. The van der Waals surface area contributed by atoms with Crippen LogP contribution < -0.4 is 5.32 Å². The lowest BCUT2D eigenvalue weighted by molar-refractivity contribution is -0.126. The van der Waals surface area contributed by atoms with Crippen LogP contribution >= 0.6 is 0 Å². The summed E-state index contributed by atoms with van der Waals surface area (Å²) in [5, 5.41) is 2.68. The molecule has 1 atom stereocenters. The van der Waals surface area contributed by atoms with Gasteiger partial charge in [-0.15, -0.1) is 0 Å². The third-order valence-corrected chi connectivity index (χ3v) is 2.64. The Labute approximate surface area is 85.6 Å². The summed E-state index contributed by atoms with van der Waals surface area (Å²) in [6.45, 7) is 7.29. The summed E-state index contributed by atoms with van der Waals surface area (Å²) < 4.78 is 5.41. The molecule has 0 bridgehead atoms. The van der Waals surface area contributed by atoms with Crippen molar-refractivity contribution in [3.63, 3.8) is 0 Å². The Hall–Kier alpha value is -0.610. The average Bonchev–Trinajstić information content (AvgIpc) is 2.41. The number of hydrogen-bond acceptors (Lipinski definition) is 3. The molecule has 82 valence electrons. The minimum absolute atomic E-state index is 0.0232. The van der Waals surface area contributed by atoms with E-state index in [1.54, 1.807) is 7.05 Å². The largest absolute Gasteiger partial charge is 0.379 e. The van der Waals surface area contributed by atoms with Gasteiger partial charge in [-0.2, -0.15) is 0 Å². The van der Waals surface area contributed by atoms with Gasteiger partial charge in [0.1, 0.15) is 0 Å². The predicted molar refractivity (Wildman–Crippen MR) is 55.1 cm³/mol. The van der Waals surface area contributed by atoms with Crippen LogP contribution in [0.5, 0.6) is 0 Å². The first kappa shape index (κ1) is 11.5. The Balaban J connectivity index is 2.55. The first-order valence-electron chi connectivity index (χ1n) is 5.18. The van der Waals surface area contributed by atoms with Crippen LogP contribution in [-0.4, -0.2) is 50.2 Å². The predicted octanol–water partition coefficient (Wildman–Crippen LogP) is 0.0892. The number of amides is 1. The van der Waals surface area contributed by atoms with Crippen LogP contribution in [0.1, 0.15) is 13.8 Å². The third-order valence-electron chi connectivity index (χ3n) is 2.64. The van der Waals surface area contributed by atoms with Crippen LogP contribution in [0.15, 0.2) is 0 Å². The molecule has 1 N–H and O–H groups in total. The van der Waals surface area contributed by atoms with E-state index in [0.717, 1.165) is 19.7 Å². The molecule has 0 aromatic carbocycles. The first-order chi connectivity index (χ1) is 6.65. The fourth-order valence-corrected chi connectivity index (χ4v) is 1.67. The molecule has 4 heteroatoms. The van der Waals surface area contributed by atoms with E-state index in [9.17, 15) is 4.79 Å². The maximum absolute atomic E-state index is 11.5. The van der Waals surface area contributed by atoms with Gasteiger partial charge in [-0.25, -0.2) is 0 Å². The number of nitrogens with zero attached hydrogens (tertiary/aromatic N) is 1. The van der Waals surface area contributed by atoms with Crippen molar-refractivity contribution in [1.29, 1.82) is 0 Å². The molecule has 0 radical (unpaired) electrons. The molecule has 14 heavy (non-hydrogen) atoms. The summed E-state index contributed by atoms with van der Waals surface area (Å²) in [5.74, 6) is 0.0578. The topological polar surface area (TPSA) is 41.6 Å². The van der Waals surface area contributed by atoms with Gasteiger partial charge in [0.25, 0.3) is 0 Å². The zero-order chi connectivity index (χ0) is 10.6. The first-order valence-corrected chi connectivity index (χ1v) is 5.18. The SMILES string of the molecule is CNC(=O)[C@H]1COCCN(C(C)C)C1. The van der Waals surface area contributed by atoms with E-state index < -0.39 is 0 Å². The van der Waals surface area contributed by atoms with E-state index >= 15 is 0 Å². The number of carbonyl (C=O) groups is 1. The summed E-state index contributed by atoms with van der Waals surface area (Å²) in [4.78, 5) is 13.8. The highest BCUT2D eigenvalue weighted by Gasteiger charge is 2.24. The molecule has 1 aliphatic rings. The Bertz CT molecular complexity index is 195. The van der Waals surface area contributed by atoms with Gasteiger partial charge in [-0.1, -0.05) is 0 Å². The maximum atomic E-state index is 11.5. The molecular weight excluding hydrogens is 180 g/mol. The lowest BCUT2D eigenvalue weighted by Gasteiger charge is -2.26. The van der Waals surface area contributed by atoms with E-state index in [1.807, 2.05) is 0 Å². The van der Waals surface area contributed by atoms with Gasteiger partial charge in [0.15, 0.2) is 0 Å². The maximum Gasteiger partial charge on any atom is 0.226 e. The molecule has 4 nitrogen and oxygen atoms in total. The molecule has 0 aromatic heterocycles. The summed E-state index contributed by atoms with van der Waals surface area (Å²) >= 11 is 0. The van der Waals surface area contributed by atoms with E-state index in [-0.39, 0.29) is 11.8 Å². The Morgan fingerprint density at radius 2 is 2.29 bits per heavy atom. The molecule has 1 aliphatic heterocycles. The molecular formula is C10H20N2O2. The minimum Gasteiger partial charge on any atom is -0.379 e. The molecule has 1 rings (SSSR count). The monoisotopic (exact) mass is 200 g/mol. The number of rotatable bonds is 2. The van der Waals surface area contributed by atoms with Crippen molar-refractivity contribution in [2.75, 3.05) is 33.4 Å². The van der Waals surface area contributed by atoms with Crippen molar-refractivity contribution < 1.29 is 9.53 Å². The summed E-state index contributed by atoms with van der Waals surface area (Å²) in [6, 6.07) is 0.476. The van der Waals surface area contributed by atoms with Crippen LogP contribution in [-0.2, 0) is 9.53 Å². The summed E-state index contributed by atoms with van der Waals surface area (Å²) in [5.41, 5.74) is 0. The van der Waals surface area contributed by atoms with E-state index in [0.29, 0.717) is 12.6 Å². The second kappa shape index (κ2) is 5.32. The highest BCUT2D eigenvalue weighted by molar-refractivity contribution is 5.78. The lowest BCUT2D eigenvalue weighted by Crippen LogP contribution is -2.41. The van der Waals surface area contributed by atoms with E-state index in [2.05, 4.69) is 24.1 Å². The van der Waals surface area contributed by atoms with Crippen molar-refractivity contribution in [1.82, 2.24) is 10.2 Å². The van der Waals surface area contributed by atoms with Crippen LogP contribution in [0.4, 0.5) is 0 Å². The van der Waals surface area contributed by atoms with Crippen LogP contribution in [0, 0.1) is 5.92 Å². The number of ether oxygens (including phenoxy) is 1.